The third-order valence-electron chi connectivity index (χ3n) is 5.64. The molecule has 0 saturated carbocycles. The lowest BCUT2D eigenvalue weighted by atomic mass is 9.89. The minimum atomic E-state index is -0.135. The lowest BCUT2D eigenvalue weighted by molar-refractivity contribution is -0.113. The second-order valence-electron chi connectivity index (χ2n) is 7.87. The van der Waals surface area contributed by atoms with Crippen molar-refractivity contribution in [2.75, 3.05) is 11.1 Å². The number of thioether (sulfide) groups is 1. The molecule has 1 aliphatic carbocycles. The monoisotopic (exact) mass is 471 g/mol. The lowest BCUT2D eigenvalue weighted by Gasteiger charge is -2.17. The molecule has 6 nitrogen and oxygen atoms in total. The number of carbonyl (C=O) groups excluding carboxylic acids is 1. The number of amides is 1. The number of thiophene rings is 1. The summed E-state index contributed by atoms with van der Waals surface area (Å²) < 4.78 is 2.03. The van der Waals surface area contributed by atoms with Gasteiger partial charge in [-0.15, -0.1) is 21.5 Å². The van der Waals surface area contributed by atoms with Crippen molar-refractivity contribution in [1.29, 1.82) is 0 Å². The Morgan fingerprint density at radius 3 is 3.00 bits per heavy atom. The summed E-state index contributed by atoms with van der Waals surface area (Å²) in [6.45, 7) is 4.40. The van der Waals surface area contributed by atoms with E-state index in [4.69, 9.17) is 16.6 Å². The van der Waals surface area contributed by atoms with Crippen LogP contribution >= 0.6 is 34.7 Å². The number of aryl methyl sites for hydroxylation is 2. The van der Waals surface area contributed by atoms with E-state index < -0.39 is 0 Å². The molecular formula is C22H22ClN5OS2. The molecule has 0 saturated heterocycles. The van der Waals surface area contributed by atoms with Crippen molar-refractivity contribution in [1.82, 2.24) is 19.6 Å². The second-order valence-corrected chi connectivity index (χ2v) is 10.3. The zero-order chi connectivity index (χ0) is 21.5. The standard InChI is InChI=1S/C22H22ClN5OS2/c1-3-17-25-21-19(13-9-8-12(2)10-16(13)31-21)20-26-27-22(28(17)20)30-11-18(29)24-15-7-5-4-6-14(15)23/h4-7,12H,3,8-11H2,1-2H3,(H,24,29). The maximum Gasteiger partial charge on any atom is 0.234 e. The van der Waals surface area contributed by atoms with Gasteiger partial charge in [-0.3, -0.25) is 9.20 Å². The summed E-state index contributed by atoms with van der Waals surface area (Å²) in [4.78, 5) is 19.9. The number of nitrogens with zero attached hydrogens (tertiary/aromatic N) is 4. The van der Waals surface area contributed by atoms with Crippen LogP contribution in [0, 0.1) is 5.92 Å². The van der Waals surface area contributed by atoms with Crippen molar-refractivity contribution < 1.29 is 4.79 Å². The summed E-state index contributed by atoms with van der Waals surface area (Å²) in [7, 11) is 0. The molecule has 4 aromatic rings. The average Bonchev–Trinajstić information content (AvgIpc) is 3.33. The van der Waals surface area contributed by atoms with Gasteiger partial charge < -0.3 is 5.32 Å². The molecule has 1 aliphatic rings. The normalized spacial score (nSPS) is 16.0. The zero-order valence-corrected chi connectivity index (χ0v) is 19.7. The van der Waals surface area contributed by atoms with Crippen molar-refractivity contribution in [2.24, 2.45) is 5.92 Å². The largest absolute Gasteiger partial charge is 0.324 e. The molecular weight excluding hydrogens is 450 g/mol. The Labute approximate surface area is 193 Å². The minimum absolute atomic E-state index is 0.135. The summed E-state index contributed by atoms with van der Waals surface area (Å²) in [5.74, 6) is 1.71. The molecule has 0 spiro atoms. The number of para-hydroxylation sites is 1. The van der Waals surface area contributed by atoms with Gasteiger partial charge >= 0.3 is 0 Å². The molecule has 1 aromatic carbocycles. The number of fused-ring (bicyclic) bond motifs is 5. The fourth-order valence-electron chi connectivity index (χ4n) is 4.09. The number of carbonyl (C=O) groups is 1. The molecule has 9 heteroatoms. The summed E-state index contributed by atoms with van der Waals surface area (Å²) in [6, 6.07) is 7.21. The highest BCUT2D eigenvalue weighted by Crippen LogP contribution is 2.39. The number of anilines is 1. The van der Waals surface area contributed by atoms with E-state index in [9.17, 15) is 4.79 Å². The first-order chi connectivity index (χ1) is 15.0. The van der Waals surface area contributed by atoms with E-state index in [2.05, 4.69) is 29.4 Å². The van der Waals surface area contributed by atoms with Crippen LogP contribution < -0.4 is 5.32 Å². The number of hydrogen-bond donors (Lipinski definition) is 1. The van der Waals surface area contributed by atoms with Crippen LogP contribution in [-0.4, -0.2) is 31.2 Å². The number of halogens is 1. The minimum Gasteiger partial charge on any atom is -0.324 e. The summed E-state index contributed by atoms with van der Waals surface area (Å²) in [5.41, 5.74) is 2.86. The van der Waals surface area contributed by atoms with Crippen molar-refractivity contribution in [3.63, 3.8) is 0 Å². The maximum atomic E-state index is 12.5. The maximum absolute atomic E-state index is 12.5. The van der Waals surface area contributed by atoms with E-state index in [-0.39, 0.29) is 11.7 Å². The molecule has 1 atom stereocenters. The molecule has 0 bridgehead atoms. The van der Waals surface area contributed by atoms with Crippen LogP contribution in [0.25, 0.3) is 15.9 Å². The van der Waals surface area contributed by atoms with Crippen LogP contribution in [0.15, 0.2) is 29.4 Å². The molecule has 1 N–H and O–H groups in total. The van der Waals surface area contributed by atoms with Gasteiger partial charge in [0.1, 0.15) is 10.7 Å². The number of rotatable bonds is 5. The van der Waals surface area contributed by atoms with E-state index in [0.717, 1.165) is 41.0 Å². The Morgan fingerprint density at radius 1 is 1.35 bits per heavy atom. The number of aromatic nitrogens is 4. The molecule has 0 fully saturated rings. The second kappa shape index (κ2) is 8.41. The average molecular weight is 472 g/mol. The summed E-state index contributed by atoms with van der Waals surface area (Å²) >= 11 is 9.31. The van der Waals surface area contributed by atoms with E-state index >= 15 is 0 Å². The van der Waals surface area contributed by atoms with Crippen LogP contribution in [0.4, 0.5) is 5.69 Å². The molecule has 1 amide bonds. The highest BCUT2D eigenvalue weighted by Gasteiger charge is 2.25. The molecule has 160 valence electrons. The van der Waals surface area contributed by atoms with Gasteiger partial charge in [0.25, 0.3) is 0 Å². The fraction of sp³-hybridized carbons (Fsp3) is 0.364. The predicted molar refractivity (Wildman–Crippen MR) is 128 cm³/mol. The first-order valence-corrected chi connectivity index (χ1v) is 12.6. The van der Waals surface area contributed by atoms with Crippen LogP contribution in [0.3, 0.4) is 0 Å². The number of nitrogens with one attached hydrogen (secondary N) is 1. The van der Waals surface area contributed by atoms with Gasteiger partial charge in [0.15, 0.2) is 10.8 Å². The Bertz CT molecular complexity index is 1300. The number of benzene rings is 1. The highest BCUT2D eigenvalue weighted by atomic mass is 35.5. The van der Waals surface area contributed by atoms with Crippen LogP contribution in [-0.2, 0) is 24.1 Å². The van der Waals surface area contributed by atoms with Crippen LogP contribution in [0.5, 0.6) is 0 Å². The molecule has 0 aliphatic heterocycles. The first kappa shape index (κ1) is 20.7. The molecule has 31 heavy (non-hydrogen) atoms. The quantitative estimate of drug-likeness (QED) is 0.394. The molecule has 1 unspecified atom stereocenters. The Morgan fingerprint density at radius 2 is 2.19 bits per heavy atom. The predicted octanol–water partition coefficient (Wildman–Crippen LogP) is 5.41. The van der Waals surface area contributed by atoms with Gasteiger partial charge in [0, 0.05) is 11.3 Å². The lowest BCUT2D eigenvalue weighted by Crippen LogP contribution is -2.14. The Kier molecular flexibility index (Phi) is 5.62. The van der Waals surface area contributed by atoms with Gasteiger partial charge in [-0.2, -0.15) is 0 Å². The molecule has 3 aromatic heterocycles. The zero-order valence-electron chi connectivity index (χ0n) is 17.3. The van der Waals surface area contributed by atoms with Crippen molar-refractivity contribution in [3.8, 4) is 0 Å². The van der Waals surface area contributed by atoms with Gasteiger partial charge in [-0.05, 0) is 42.9 Å². The van der Waals surface area contributed by atoms with Crippen LogP contribution in [0.2, 0.25) is 5.02 Å². The van der Waals surface area contributed by atoms with Gasteiger partial charge in [-0.1, -0.05) is 49.3 Å². The molecule has 5 rings (SSSR count). The van der Waals surface area contributed by atoms with Crippen molar-refractivity contribution in [2.45, 2.75) is 44.7 Å². The molecule has 0 radical (unpaired) electrons. The van der Waals surface area contributed by atoms with Crippen molar-refractivity contribution in [3.05, 3.63) is 45.6 Å². The van der Waals surface area contributed by atoms with Crippen LogP contribution in [0.1, 0.15) is 36.5 Å². The van der Waals surface area contributed by atoms with E-state index in [1.807, 2.05) is 16.5 Å². The van der Waals surface area contributed by atoms with E-state index in [0.29, 0.717) is 21.8 Å². The summed E-state index contributed by atoms with van der Waals surface area (Å²) in [5, 5.41) is 14.2. The third-order valence-corrected chi connectivity index (χ3v) is 8.04. The highest BCUT2D eigenvalue weighted by molar-refractivity contribution is 7.99. The molecule has 3 heterocycles. The van der Waals surface area contributed by atoms with Gasteiger partial charge in [0.05, 0.1) is 21.8 Å². The number of hydrogen-bond acceptors (Lipinski definition) is 6. The van der Waals surface area contributed by atoms with Crippen molar-refractivity contribution >= 4 is 62.2 Å². The summed E-state index contributed by atoms with van der Waals surface area (Å²) in [6.07, 6.45) is 4.14. The van der Waals surface area contributed by atoms with Gasteiger partial charge in [-0.25, -0.2) is 4.98 Å². The fourth-order valence-corrected chi connectivity index (χ4v) is 6.42. The third kappa shape index (κ3) is 3.81. The first-order valence-electron chi connectivity index (χ1n) is 10.4. The SMILES string of the molecule is CCc1nc2sc3c(c2c2nnc(SCC(=O)Nc4ccccc4Cl)n12)CCC(C)C3. The van der Waals surface area contributed by atoms with E-state index in [1.165, 1.54) is 28.6 Å². The van der Waals surface area contributed by atoms with Gasteiger partial charge in [0.2, 0.25) is 5.91 Å². The topological polar surface area (TPSA) is 72.2 Å². The smallest absolute Gasteiger partial charge is 0.234 e. The Balaban J connectivity index is 1.46. The Hall–Kier alpha value is -2.16. The van der Waals surface area contributed by atoms with E-state index in [1.54, 1.807) is 23.5 Å².